The van der Waals surface area contributed by atoms with Crippen molar-refractivity contribution in [3.8, 4) is 17.1 Å². The molecule has 18 heavy (non-hydrogen) atoms. The molecular formula is C13H16N4O. The van der Waals surface area contributed by atoms with Gasteiger partial charge in [-0.3, -0.25) is 4.98 Å². The number of nitrogens with zero attached hydrogens (tertiary/aromatic N) is 3. The maximum atomic E-state index is 5.20. The van der Waals surface area contributed by atoms with Crippen molar-refractivity contribution in [1.82, 2.24) is 20.3 Å². The van der Waals surface area contributed by atoms with Crippen molar-refractivity contribution in [2.75, 3.05) is 13.7 Å². The van der Waals surface area contributed by atoms with Crippen LogP contribution in [0.15, 0.2) is 30.9 Å². The van der Waals surface area contributed by atoms with E-state index in [1.807, 2.05) is 12.3 Å². The van der Waals surface area contributed by atoms with Crippen LogP contribution in [0, 0.1) is 0 Å². The van der Waals surface area contributed by atoms with E-state index in [0.717, 1.165) is 24.2 Å². The van der Waals surface area contributed by atoms with Gasteiger partial charge in [0.2, 0.25) is 5.88 Å². The van der Waals surface area contributed by atoms with Gasteiger partial charge in [-0.15, -0.1) is 0 Å². The van der Waals surface area contributed by atoms with Gasteiger partial charge < -0.3 is 10.1 Å². The van der Waals surface area contributed by atoms with Crippen LogP contribution in [0.25, 0.3) is 11.3 Å². The van der Waals surface area contributed by atoms with Crippen LogP contribution in [0.1, 0.15) is 12.5 Å². The second-order valence-corrected chi connectivity index (χ2v) is 3.78. The molecular weight excluding hydrogens is 228 g/mol. The first-order chi connectivity index (χ1) is 8.85. The highest BCUT2D eigenvalue weighted by Gasteiger charge is 2.08. The zero-order valence-corrected chi connectivity index (χ0v) is 10.6. The first kappa shape index (κ1) is 12.4. The third-order valence-electron chi connectivity index (χ3n) is 2.51. The molecule has 0 spiro atoms. The van der Waals surface area contributed by atoms with Crippen LogP contribution in [-0.4, -0.2) is 28.6 Å². The van der Waals surface area contributed by atoms with Gasteiger partial charge in [-0.05, 0) is 18.2 Å². The molecule has 0 saturated carbocycles. The monoisotopic (exact) mass is 244 g/mol. The lowest BCUT2D eigenvalue weighted by atomic mass is 10.1. The highest BCUT2D eigenvalue weighted by Crippen LogP contribution is 2.24. The molecule has 2 heterocycles. The standard InChI is InChI=1S/C13H16N4O/c1-3-14-7-10-6-11(9-15-8-10)12-13(18-2)17-5-4-16-12/h4-6,8-9,14H,3,7H2,1-2H3. The molecule has 5 heteroatoms. The zero-order valence-electron chi connectivity index (χ0n) is 10.6. The predicted molar refractivity (Wildman–Crippen MR) is 69.2 cm³/mol. The molecule has 0 aliphatic heterocycles. The fraction of sp³-hybridized carbons (Fsp3) is 0.308. The number of ether oxygens (including phenoxy) is 1. The SMILES string of the molecule is CCNCc1cncc(-c2nccnc2OC)c1. The van der Waals surface area contributed by atoms with Gasteiger partial charge in [0.15, 0.2) is 0 Å². The molecule has 2 aromatic heterocycles. The van der Waals surface area contributed by atoms with E-state index in [-0.39, 0.29) is 0 Å². The van der Waals surface area contributed by atoms with Gasteiger partial charge in [-0.1, -0.05) is 6.92 Å². The van der Waals surface area contributed by atoms with E-state index < -0.39 is 0 Å². The Balaban J connectivity index is 2.32. The third kappa shape index (κ3) is 2.81. The lowest BCUT2D eigenvalue weighted by Gasteiger charge is -2.07. The molecule has 94 valence electrons. The second kappa shape index (κ2) is 6.07. The van der Waals surface area contributed by atoms with Gasteiger partial charge in [0.1, 0.15) is 5.69 Å². The smallest absolute Gasteiger partial charge is 0.240 e. The minimum atomic E-state index is 0.514. The van der Waals surface area contributed by atoms with Crippen molar-refractivity contribution < 1.29 is 4.74 Å². The summed E-state index contributed by atoms with van der Waals surface area (Å²) in [5, 5.41) is 3.26. The quantitative estimate of drug-likeness (QED) is 0.866. The molecule has 2 aromatic rings. The molecule has 0 radical (unpaired) electrons. The minimum absolute atomic E-state index is 0.514. The van der Waals surface area contributed by atoms with Gasteiger partial charge in [0, 0.05) is 36.9 Å². The van der Waals surface area contributed by atoms with E-state index in [9.17, 15) is 0 Å². The number of hydrogen-bond donors (Lipinski definition) is 1. The number of hydrogen-bond acceptors (Lipinski definition) is 5. The van der Waals surface area contributed by atoms with Gasteiger partial charge >= 0.3 is 0 Å². The van der Waals surface area contributed by atoms with Gasteiger partial charge in [0.25, 0.3) is 0 Å². The summed E-state index contributed by atoms with van der Waals surface area (Å²) in [6.07, 6.45) is 6.87. The van der Waals surface area contributed by atoms with Gasteiger partial charge in [-0.25, -0.2) is 9.97 Å². The molecule has 0 saturated heterocycles. The summed E-state index contributed by atoms with van der Waals surface area (Å²) in [5.41, 5.74) is 2.74. The average molecular weight is 244 g/mol. The Morgan fingerprint density at radius 2 is 2.06 bits per heavy atom. The number of aromatic nitrogens is 3. The Labute approximate surface area is 106 Å². The topological polar surface area (TPSA) is 59.9 Å². The highest BCUT2D eigenvalue weighted by atomic mass is 16.5. The largest absolute Gasteiger partial charge is 0.479 e. The van der Waals surface area contributed by atoms with E-state index in [1.54, 1.807) is 25.7 Å². The van der Waals surface area contributed by atoms with Gasteiger partial charge in [0.05, 0.1) is 7.11 Å². The number of rotatable bonds is 5. The van der Waals surface area contributed by atoms with Crippen molar-refractivity contribution in [1.29, 1.82) is 0 Å². The Morgan fingerprint density at radius 3 is 2.83 bits per heavy atom. The first-order valence-corrected chi connectivity index (χ1v) is 5.85. The highest BCUT2D eigenvalue weighted by molar-refractivity contribution is 5.63. The Hall–Kier alpha value is -2.01. The molecule has 0 aromatic carbocycles. The summed E-state index contributed by atoms with van der Waals surface area (Å²) in [6, 6.07) is 2.04. The molecule has 2 rings (SSSR count). The summed E-state index contributed by atoms with van der Waals surface area (Å²) in [7, 11) is 1.59. The predicted octanol–water partition coefficient (Wildman–Crippen LogP) is 1.66. The van der Waals surface area contributed by atoms with Crippen LogP contribution in [0.3, 0.4) is 0 Å². The van der Waals surface area contributed by atoms with E-state index in [0.29, 0.717) is 11.6 Å². The van der Waals surface area contributed by atoms with E-state index in [4.69, 9.17) is 4.74 Å². The van der Waals surface area contributed by atoms with Crippen LogP contribution in [-0.2, 0) is 6.54 Å². The Kier molecular flexibility index (Phi) is 4.20. The van der Waals surface area contributed by atoms with Gasteiger partial charge in [-0.2, -0.15) is 0 Å². The number of methoxy groups -OCH3 is 1. The maximum absolute atomic E-state index is 5.20. The fourth-order valence-electron chi connectivity index (χ4n) is 1.66. The minimum Gasteiger partial charge on any atom is -0.479 e. The summed E-state index contributed by atoms with van der Waals surface area (Å²) in [5.74, 6) is 0.514. The summed E-state index contributed by atoms with van der Waals surface area (Å²) >= 11 is 0. The summed E-state index contributed by atoms with van der Waals surface area (Å²) < 4.78 is 5.20. The molecule has 0 fully saturated rings. The van der Waals surface area contributed by atoms with Crippen LogP contribution >= 0.6 is 0 Å². The van der Waals surface area contributed by atoms with Crippen LogP contribution in [0.5, 0.6) is 5.88 Å². The van der Waals surface area contributed by atoms with Crippen LogP contribution in [0.4, 0.5) is 0 Å². The fourth-order valence-corrected chi connectivity index (χ4v) is 1.66. The lowest BCUT2D eigenvalue weighted by molar-refractivity contribution is 0.397. The van der Waals surface area contributed by atoms with Crippen molar-refractivity contribution in [3.63, 3.8) is 0 Å². The zero-order chi connectivity index (χ0) is 12.8. The number of nitrogens with one attached hydrogen (secondary N) is 1. The molecule has 5 nitrogen and oxygen atoms in total. The Morgan fingerprint density at radius 1 is 1.22 bits per heavy atom. The summed E-state index contributed by atoms with van der Waals surface area (Å²) in [4.78, 5) is 12.7. The normalized spacial score (nSPS) is 10.3. The van der Waals surface area contributed by atoms with Crippen molar-refractivity contribution in [2.45, 2.75) is 13.5 Å². The number of pyridine rings is 1. The maximum Gasteiger partial charge on any atom is 0.240 e. The molecule has 0 amide bonds. The molecule has 0 aliphatic carbocycles. The third-order valence-corrected chi connectivity index (χ3v) is 2.51. The molecule has 1 N–H and O–H groups in total. The summed E-state index contributed by atoms with van der Waals surface area (Å²) in [6.45, 7) is 3.79. The van der Waals surface area contributed by atoms with Crippen LogP contribution in [0.2, 0.25) is 0 Å². The van der Waals surface area contributed by atoms with Crippen LogP contribution < -0.4 is 10.1 Å². The van der Waals surface area contributed by atoms with Crippen molar-refractivity contribution in [2.24, 2.45) is 0 Å². The second-order valence-electron chi connectivity index (χ2n) is 3.78. The molecule has 0 bridgehead atoms. The lowest BCUT2D eigenvalue weighted by Crippen LogP contribution is -2.11. The molecule has 0 unspecified atom stereocenters. The Bertz CT molecular complexity index is 516. The van der Waals surface area contributed by atoms with Crippen molar-refractivity contribution in [3.05, 3.63) is 36.4 Å². The molecule has 0 atom stereocenters. The first-order valence-electron chi connectivity index (χ1n) is 5.85. The van der Waals surface area contributed by atoms with E-state index >= 15 is 0 Å². The molecule has 0 aliphatic rings. The van der Waals surface area contributed by atoms with E-state index in [1.165, 1.54) is 0 Å². The average Bonchev–Trinajstić information content (AvgIpc) is 2.45. The van der Waals surface area contributed by atoms with E-state index in [2.05, 4.69) is 27.2 Å². The van der Waals surface area contributed by atoms with Crippen molar-refractivity contribution >= 4 is 0 Å².